The normalized spacial score (nSPS) is 17.8. The molecule has 0 fully saturated rings. The fourth-order valence-electron chi connectivity index (χ4n) is 1.10. The molecular weight excluding hydrogens is 124 g/mol. The third-order valence-electron chi connectivity index (χ3n) is 1.64. The van der Waals surface area contributed by atoms with Gasteiger partial charge >= 0.3 is 0 Å². The standard InChI is InChI=1S/C9H14O/c1-3-10-9-7-5-4-6-8(9)2/h6-7H,3-5H2,1-2H3. The van der Waals surface area contributed by atoms with Crippen LogP contribution in [-0.2, 0) is 4.74 Å². The topological polar surface area (TPSA) is 9.23 Å². The molecule has 56 valence electrons. The molecule has 0 radical (unpaired) electrons. The molecule has 0 aromatic heterocycles. The average Bonchev–Trinajstić information content (AvgIpc) is 1.94. The highest BCUT2D eigenvalue weighted by atomic mass is 16.5. The van der Waals surface area contributed by atoms with Gasteiger partial charge in [0.05, 0.1) is 6.61 Å². The largest absolute Gasteiger partial charge is 0.494 e. The predicted molar refractivity (Wildman–Crippen MR) is 42.7 cm³/mol. The van der Waals surface area contributed by atoms with Crippen molar-refractivity contribution in [3.05, 3.63) is 23.5 Å². The van der Waals surface area contributed by atoms with Gasteiger partial charge in [-0.25, -0.2) is 0 Å². The Hall–Kier alpha value is -0.720. The van der Waals surface area contributed by atoms with Gasteiger partial charge in [-0.1, -0.05) is 6.08 Å². The highest BCUT2D eigenvalue weighted by Gasteiger charge is 2.02. The number of ether oxygens (including phenoxy) is 1. The highest BCUT2D eigenvalue weighted by Crippen LogP contribution is 2.18. The van der Waals surface area contributed by atoms with Crippen molar-refractivity contribution in [1.82, 2.24) is 0 Å². The Morgan fingerprint density at radius 3 is 2.70 bits per heavy atom. The third-order valence-corrected chi connectivity index (χ3v) is 1.64. The summed E-state index contributed by atoms with van der Waals surface area (Å²) in [5.74, 6) is 1.08. The van der Waals surface area contributed by atoms with Crippen molar-refractivity contribution in [3.8, 4) is 0 Å². The molecule has 1 nitrogen and oxygen atoms in total. The van der Waals surface area contributed by atoms with Crippen LogP contribution in [0.2, 0.25) is 0 Å². The zero-order valence-electron chi connectivity index (χ0n) is 6.68. The Kier molecular flexibility index (Phi) is 2.55. The first-order chi connectivity index (χ1) is 4.84. The fourth-order valence-corrected chi connectivity index (χ4v) is 1.10. The lowest BCUT2D eigenvalue weighted by Crippen LogP contribution is -1.96. The van der Waals surface area contributed by atoms with E-state index in [1.807, 2.05) is 6.92 Å². The summed E-state index contributed by atoms with van der Waals surface area (Å²) in [5, 5.41) is 0. The van der Waals surface area contributed by atoms with Crippen LogP contribution < -0.4 is 0 Å². The Balaban J connectivity index is 2.56. The smallest absolute Gasteiger partial charge is 0.117 e. The summed E-state index contributed by atoms with van der Waals surface area (Å²) in [4.78, 5) is 0. The molecule has 0 heterocycles. The second-order valence-corrected chi connectivity index (χ2v) is 2.47. The minimum atomic E-state index is 0.775. The van der Waals surface area contributed by atoms with E-state index >= 15 is 0 Å². The van der Waals surface area contributed by atoms with Gasteiger partial charge in [0, 0.05) is 0 Å². The number of allylic oxidation sites excluding steroid dienone is 3. The van der Waals surface area contributed by atoms with E-state index in [0.717, 1.165) is 18.8 Å². The molecule has 0 saturated heterocycles. The van der Waals surface area contributed by atoms with Crippen LogP contribution in [0.5, 0.6) is 0 Å². The molecule has 1 aliphatic carbocycles. The van der Waals surface area contributed by atoms with E-state index in [4.69, 9.17) is 4.74 Å². The highest BCUT2D eigenvalue weighted by molar-refractivity contribution is 5.26. The average molecular weight is 138 g/mol. The summed E-state index contributed by atoms with van der Waals surface area (Å²) >= 11 is 0. The van der Waals surface area contributed by atoms with Crippen molar-refractivity contribution in [2.24, 2.45) is 0 Å². The number of hydrogen-bond donors (Lipinski definition) is 0. The van der Waals surface area contributed by atoms with Gasteiger partial charge in [-0.15, -0.1) is 0 Å². The molecule has 1 heteroatoms. The van der Waals surface area contributed by atoms with Gasteiger partial charge in [-0.05, 0) is 38.3 Å². The van der Waals surface area contributed by atoms with Gasteiger partial charge in [0.25, 0.3) is 0 Å². The summed E-state index contributed by atoms with van der Waals surface area (Å²) < 4.78 is 5.39. The first-order valence-electron chi connectivity index (χ1n) is 3.84. The Bertz CT molecular complexity index is 166. The lowest BCUT2D eigenvalue weighted by molar-refractivity contribution is 0.235. The predicted octanol–water partition coefficient (Wildman–Crippen LogP) is 2.65. The minimum absolute atomic E-state index is 0.775. The Labute approximate surface area is 62.4 Å². The Morgan fingerprint density at radius 2 is 2.10 bits per heavy atom. The van der Waals surface area contributed by atoms with E-state index < -0.39 is 0 Å². The van der Waals surface area contributed by atoms with Crippen LogP contribution in [0.15, 0.2) is 23.5 Å². The van der Waals surface area contributed by atoms with Gasteiger partial charge in [-0.3, -0.25) is 0 Å². The molecular formula is C9H14O. The lowest BCUT2D eigenvalue weighted by Gasteiger charge is -2.12. The molecule has 0 N–H and O–H groups in total. The summed E-state index contributed by atoms with van der Waals surface area (Å²) in [6.07, 6.45) is 6.69. The lowest BCUT2D eigenvalue weighted by atomic mass is 10.1. The van der Waals surface area contributed by atoms with Crippen LogP contribution in [0, 0.1) is 0 Å². The first-order valence-corrected chi connectivity index (χ1v) is 3.84. The maximum Gasteiger partial charge on any atom is 0.117 e. The van der Waals surface area contributed by atoms with Gasteiger partial charge in [-0.2, -0.15) is 0 Å². The molecule has 0 spiro atoms. The molecule has 0 aliphatic heterocycles. The molecule has 0 atom stereocenters. The van der Waals surface area contributed by atoms with Crippen molar-refractivity contribution in [2.45, 2.75) is 26.7 Å². The summed E-state index contributed by atoms with van der Waals surface area (Å²) in [5.41, 5.74) is 1.29. The molecule has 0 aromatic rings. The summed E-state index contributed by atoms with van der Waals surface area (Å²) in [6.45, 7) is 4.89. The maximum absolute atomic E-state index is 5.39. The Morgan fingerprint density at radius 1 is 1.40 bits per heavy atom. The third kappa shape index (κ3) is 1.63. The van der Waals surface area contributed by atoms with Crippen LogP contribution >= 0.6 is 0 Å². The first kappa shape index (κ1) is 7.39. The monoisotopic (exact) mass is 138 g/mol. The maximum atomic E-state index is 5.39. The second kappa shape index (κ2) is 3.45. The molecule has 0 saturated carbocycles. The van der Waals surface area contributed by atoms with Crippen LogP contribution in [0.1, 0.15) is 26.7 Å². The van der Waals surface area contributed by atoms with Crippen LogP contribution in [-0.4, -0.2) is 6.61 Å². The second-order valence-electron chi connectivity index (χ2n) is 2.47. The van der Waals surface area contributed by atoms with Crippen LogP contribution in [0.4, 0.5) is 0 Å². The summed E-state index contributed by atoms with van der Waals surface area (Å²) in [6, 6.07) is 0. The quantitative estimate of drug-likeness (QED) is 0.570. The van der Waals surface area contributed by atoms with Crippen molar-refractivity contribution in [1.29, 1.82) is 0 Å². The van der Waals surface area contributed by atoms with E-state index in [1.54, 1.807) is 0 Å². The van der Waals surface area contributed by atoms with Gasteiger partial charge in [0.15, 0.2) is 0 Å². The van der Waals surface area contributed by atoms with Crippen molar-refractivity contribution in [3.63, 3.8) is 0 Å². The van der Waals surface area contributed by atoms with E-state index in [1.165, 1.54) is 12.0 Å². The zero-order valence-corrected chi connectivity index (χ0v) is 6.68. The van der Waals surface area contributed by atoms with Gasteiger partial charge in [0.2, 0.25) is 0 Å². The minimum Gasteiger partial charge on any atom is -0.494 e. The number of hydrogen-bond acceptors (Lipinski definition) is 1. The molecule has 1 aliphatic rings. The molecule has 1 rings (SSSR count). The molecule has 0 amide bonds. The van der Waals surface area contributed by atoms with Crippen LogP contribution in [0.3, 0.4) is 0 Å². The van der Waals surface area contributed by atoms with E-state index in [0.29, 0.717) is 0 Å². The van der Waals surface area contributed by atoms with E-state index in [9.17, 15) is 0 Å². The fraction of sp³-hybridized carbons (Fsp3) is 0.556. The molecule has 0 bridgehead atoms. The van der Waals surface area contributed by atoms with E-state index in [2.05, 4.69) is 19.1 Å². The van der Waals surface area contributed by atoms with Crippen molar-refractivity contribution >= 4 is 0 Å². The summed E-state index contributed by atoms with van der Waals surface area (Å²) in [7, 11) is 0. The van der Waals surface area contributed by atoms with Gasteiger partial charge in [0.1, 0.15) is 5.76 Å². The molecule has 10 heavy (non-hydrogen) atoms. The number of rotatable bonds is 2. The molecule has 0 aromatic carbocycles. The van der Waals surface area contributed by atoms with E-state index in [-0.39, 0.29) is 0 Å². The zero-order chi connectivity index (χ0) is 7.40. The molecule has 0 unspecified atom stereocenters. The van der Waals surface area contributed by atoms with Crippen LogP contribution in [0.25, 0.3) is 0 Å². The van der Waals surface area contributed by atoms with Crippen molar-refractivity contribution in [2.75, 3.05) is 6.61 Å². The van der Waals surface area contributed by atoms with Gasteiger partial charge < -0.3 is 4.74 Å². The van der Waals surface area contributed by atoms with Crippen molar-refractivity contribution < 1.29 is 4.74 Å². The SMILES string of the molecule is CCOC1=CCCC=C1C.